The largest absolute Gasteiger partial charge is 0.492 e. The maximum Gasteiger partial charge on any atom is 0.304 e. The van der Waals surface area contributed by atoms with E-state index in [0.29, 0.717) is 82.3 Å². The monoisotopic (exact) mass is 1080 g/mol. The number of ether oxygens (including phenoxy) is 7. The molecule has 3 fully saturated rings. The number of unbranched alkanes of at least 4 members (excludes halogenated alkanes) is 1. The quantitative estimate of drug-likeness (QED) is 0.0309. The van der Waals surface area contributed by atoms with Gasteiger partial charge in [-0.05, 0) is 153 Å². The van der Waals surface area contributed by atoms with Gasteiger partial charge in [0.25, 0.3) is 0 Å². The molecule has 0 spiro atoms. The van der Waals surface area contributed by atoms with E-state index >= 15 is 0 Å². The number of terminal acetylenes is 1. The summed E-state index contributed by atoms with van der Waals surface area (Å²) in [6, 6.07) is 32.7. The molecule has 420 valence electrons. The Kier molecular flexibility index (Phi) is 23.4. The molecule has 0 N–H and O–H groups in total. The summed E-state index contributed by atoms with van der Waals surface area (Å²) in [7, 11) is 0. The van der Waals surface area contributed by atoms with Crippen molar-refractivity contribution in [1.29, 1.82) is 0 Å². The molecule has 0 radical (unpaired) electrons. The van der Waals surface area contributed by atoms with E-state index in [9.17, 15) is 9.59 Å². The Hall–Kier alpha value is -5.41. The van der Waals surface area contributed by atoms with Crippen molar-refractivity contribution >= 4 is 34.0 Å². The lowest BCUT2D eigenvalue weighted by Crippen LogP contribution is -2.53. The van der Waals surface area contributed by atoms with Crippen LogP contribution in [0.25, 0.3) is 10.6 Å². The van der Waals surface area contributed by atoms with Gasteiger partial charge in [-0.25, -0.2) is 0 Å². The van der Waals surface area contributed by atoms with Crippen LogP contribution in [0.2, 0.25) is 0 Å². The normalized spacial score (nSPS) is 23.0. The van der Waals surface area contributed by atoms with Gasteiger partial charge in [-0.2, -0.15) is 0 Å². The first-order chi connectivity index (χ1) is 38.0. The molecule has 9 rings (SSSR count). The number of esters is 1. The van der Waals surface area contributed by atoms with Gasteiger partial charge in [0.05, 0.1) is 38.1 Å². The number of hydrogen-bond acceptors (Lipinski definition) is 10. The molecule has 1 heterocycles. The molecule has 0 bridgehead atoms. The van der Waals surface area contributed by atoms with Crippen molar-refractivity contribution in [2.45, 2.75) is 131 Å². The molecule has 4 aromatic carbocycles. The highest BCUT2D eigenvalue weighted by atomic mass is 35.5. The Morgan fingerprint density at radius 2 is 1.37 bits per heavy atom. The van der Waals surface area contributed by atoms with Gasteiger partial charge in [-0.3, -0.25) is 9.59 Å². The van der Waals surface area contributed by atoms with E-state index < -0.39 is 5.60 Å². The molecule has 1 aliphatic heterocycles. The molecule has 4 aromatic rings. The Morgan fingerprint density at radius 1 is 0.731 bits per heavy atom. The van der Waals surface area contributed by atoms with Crippen molar-refractivity contribution in [3.05, 3.63) is 137 Å². The molecule has 11 heteroatoms. The van der Waals surface area contributed by atoms with E-state index in [0.717, 1.165) is 141 Å². The molecule has 5 aliphatic rings. The van der Waals surface area contributed by atoms with Gasteiger partial charge in [0.2, 0.25) is 6.79 Å². The summed E-state index contributed by atoms with van der Waals surface area (Å²) in [6.45, 7) is 20.3. The topological polar surface area (TPSA) is 102 Å². The van der Waals surface area contributed by atoms with Gasteiger partial charge < -0.3 is 38.1 Å². The number of likely N-dealkylation sites (N-methyl/N-ethyl adjacent to an activating group) is 1. The number of carbonyl (C=O) groups is 2. The van der Waals surface area contributed by atoms with Gasteiger partial charge in [-0.15, -0.1) is 6.42 Å². The zero-order valence-electron chi connectivity index (χ0n) is 47.5. The molecule has 0 saturated heterocycles. The Labute approximate surface area is 471 Å². The van der Waals surface area contributed by atoms with E-state index in [1.165, 1.54) is 23.6 Å². The molecule has 0 aromatic heterocycles. The van der Waals surface area contributed by atoms with Crippen LogP contribution in [0.15, 0.2) is 109 Å². The van der Waals surface area contributed by atoms with Gasteiger partial charge >= 0.3 is 5.97 Å². The summed E-state index contributed by atoms with van der Waals surface area (Å²) in [5.74, 6) is 7.94. The lowest BCUT2D eigenvalue weighted by molar-refractivity contribution is -0.167. The van der Waals surface area contributed by atoms with Crippen molar-refractivity contribution in [2.24, 2.45) is 29.1 Å². The molecule has 4 aliphatic carbocycles. The predicted molar refractivity (Wildman–Crippen MR) is 313 cm³/mol. The predicted octanol–water partition coefficient (Wildman–Crippen LogP) is 14.3. The highest BCUT2D eigenvalue weighted by molar-refractivity contribution is 6.53. The van der Waals surface area contributed by atoms with Crippen LogP contribution in [-0.4, -0.2) is 88.3 Å². The average Bonchev–Trinajstić information content (AvgIpc) is 4.26. The summed E-state index contributed by atoms with van der Waals surface area (Å²) >= 11 is 6.87. The van der Waals surface area contributed by atoms with E-state index in [-0.39, 0.29) is 11.4 Å². The summed E-state index contributed by atoms with van der Waals surface area (Å²) in [4.78, 5) is 25.9. The third-order valence-corrected chi connectivity index (χ3v) is 17.3. The second-order valence-electron chi connectivity index (χ2n) is 21.5. The van der Waals surface area contributed by atoms with Gasteiger partial charge in [-0.1, -0.05) is 143 Å². The fraction of sp³-hybridized carbons (Fsp3) is 0.522. The van der Waals surface area contributed by atoms with E-state index in [4.69, 9.17) is 51.2 Å². The summed E-state index contributed by atoms with van der Waals surface area (Å²) in [5.41, 5.74) is 7.20. The Balaban J connectivity index is 0.000000171. The van der Waals surface area contributed by atoms with Crippen LogP contribution in [0, 0.1) is 41.4 Å². The second kappa shape index (κ2) is 30.3. The number of benzene rings is 4. The van der Waals surface area contributed by atoms with E-state index in [1.54, 1.807) is 0 Å². The summed E-state index contributed by atoms with van der Waals surface area (Å²) < 4.78 is 39.3. The van der Waals surface area contributed by atoms with Crippen LogP contribution in [0.3, 0.4) is 0 Å². The first-order valence-corrected chi connectivity index (χ1v) is 29.4. The lowest BCUT2D eigenvalue weighted by atomic mass is 9.50. The molecule has 0 unspecified atom stereocenters. The maximum absolute atomic E-state index is 11.8. The molecule has 78 heavy (non-hydrogen) atoms. The fourth-order valence-electron chi connectivity index (χ4n) is 12.7. The van der Waals surface area contributed by atoms with Crippen LogP contribution >= 0.6 is 11.6 Å². The first-order valence-electron chi connectivity index (χ1n) is 29.0. The maximum atomic E-state index is 11.8. The minimum absolute atomic E-state index is 0.111. The number of fused-ring (bicyclic) bond motifs is 6. The van der Waals surface area contributed by atoms with Gasteiger partial charge in [0.15, 0.2) is 22.9 Å². The zero-order valence-corrected chi connectivity index (χ0v) is 48.2. The Bertz CT molecular complexity index is 2620. The van der Waals surface area contributed by atoms with Crippen molar-refractivity contribution in [1.82, 2.24) is 4.90 Å². The van der Waals surface area contributed by atoms with Gasteiger partial charge in [0.1, 0.15) is 12.4 Å². The minimum Gasteiger partial charge on any atom is -0.492 e. The molecule has 6 atom stereocenters. The Morgan fingerprint density at radius 3 is 2.01 bits per heavy atom. The number of halogens is 1. The number of ketones is 1. The first kappa shape index (κ1) is 60.2. The SMILES string of the molecule is C#C[C@]1(OC(C)=O)CC[C@H]2[C@@H]3CCC4=CC(=O)CC[C@@H]4[C@H]3CC[C@@]21C.CCCCOCCOCCOCc1cc2c(cc1CCC)OCO2.CCN(CC)CCOc1ccc(/C(=C(/Cl)c2ccccc2)c2ccccc2)cc1. The number of nitrogens with zero attached hydrogens (tertiary/aromatic N) is 1. The van der Waals surface area contributed by atoms with Crippen molar-refractivity contribution in [3.63, 3.8) is 0 Å². The fourth-order valence-corrected chi connectivity index (χ4v) is 13.0. The van der Waals surface area contributed by atoms with Crippen LogP contribution in [0.5, 0.6) is 17.2 Å². The highest BCUT2D eigenvalue weighted by Crippen LogP contribution is 2.65. The smallest absolute Gasteiger partial charge is 0.304 e. The zero-order chi connectivity index (χ0) is 55.3. The van der Waals surface area contributed by atoms with E-state index in [2.05, 4.69) is 75.8 Å². The highest BCUT2D eigenvalue weighted by Gasteiger charge is 2.64. The molecular weight excluding hydrogens is 998 g/mol. The summed E-state index contributed by atoms with van der Waals surface area (Å²) in [6.07, 6.45) is 20.2. The average molecular weight is 1080 g/mol. The third-order valence-electron chi connectivity index (χ3n) is 16.9. The van der Waals surface area contributed by atoms with E-state index in [1.807, 2.05) is 72.8 Å². The number of carbonyl (C=O) groups excluding carboxylic acids is 2. The molecule has 3 saturated carbocycles. The van der Waals surface area contributed by atoms with Crippen LogP contribution in [0.4, 0.5) is 0 Å². The van der Waals surface area contributed by atoms with Crippen LogP contribution in [0.1, 0.15) is 140 Å². The van der Waals surface area contributed by atoms with Crippen LogP contribution < -0.4 is 14.2 Å². The summed E-state index contributed by atoms with van der Waals surface area (Å²) in [5, 5.41) is 0.743. The number of allylic oxidation sites excluding steroid dienone is 1. The van der Waals surface area contributed by atoms with Crippen molar-refractivity contribution < 1.29 is 42.7 Å². The lowest BCUT2D eigenvalue weighted by Gasteiger charge is -2.55. The molecular formula is C67H86ClNO9. The van der Waals surface area contributed by atoms with Gasteiger partial charge in [0, 0.05) is 37.5 Å². The van der Waals surface area contributed by atoms with Crippen molar-refractivity contribution in [2.75, 3.05) is 66.1 Å². The third kappa shape index (κ3) is 15.5. The minimum atomic E-state index is -0.729. The number of aryl methyl sites for hydroxylation is 1. The second-order valence-corrected chi connectivity index (χ2v) is 21.9. The number of rotatable bonds is 23. The number of hydrogen-bond donors (Lipinski definition) is 0. The van der Waals surface area contributed by atoms with Crippen LogP contribution in [-0.2, 0) is 41.6 Å². The molecule has 0 amide bonds. The molecule has 10 nitrogen and oxygen atoms in total. The standard InChI is InChI=1S/C26H28ClNO.C22H28O3.C19H30O5/c1-3-28(4-2)19-20-29-24-17-15-22(16-18-24)25(21-11-7-5-8-12-21)26(27)23-13-9-6-10-14-23;1-4-22(25-14(2)23)12-10-20-19-7-5-15-13-16(24)6-8-17(15)18(19)9-11-21(20,22)3;1-3-5-7-20-8-9-21-10-11-22-14-17-13-19-18(23-15-24-19)12-16(17)6-4-2/h5-18H,3-4,19-20H2,1-2H3;1,13,17-20H,5-12H2,2-3H3;12-13H,3-11,14-15H2,1-2H3/b26-25+;;/t;17-,18+,19+,20-,21-,22-;/m.0./s1. The van der Waals surface area contributed by atoms with Crippen molar-refractivity contribution in [3.8, 4) is 29.6 Å².